The Labute approximate surface area is 501 Å². The first-order valence-corrected chi connectivity index (χ1v) is 26.2. The first-order chi connectivity index (χ1) is 47.4. The number of ether oxygens (including phenoxy) is 1. The number of aromatic nitrogens is 4. The van der Waals surface area contributed by atoms with Crippen molar-refractivity contribution in [2.45, 2.75) is 130 Å². The van der Waals surface area contributed by atoms with E-state index in [1.54, 1.807) is 59.3 Å². The van der Waals surface area contributed by atoms with Crippen LogP contribution in [0.2, 0.25) is 0 Å². The van der Waals surface area contributed by atoms with Gasteiger partial charge in [0.2, 0.25) is 0 Å². The summed E-state index contributed by atoms with van der Waals surface area (Å²) in [4.78, 5) is 4.84. The maximum atomic E-state index is 10.6. The molecule has 3 aromatic heterocycles. The summed E-state index contributed by atoms with van der Waals surface area (Å²) in [6, 6.07) is 32.9. The lowest BCUT2D eigenvalue weighted by molar-refractivity contribution is -0.571. The van der Waals surface area contributed by atoms with Crippen LogP contribution < -0.4 is 9.30 Å². The Kier molecular flexibility index (Phi) is 7.38. The van der Waals surface area contributed by atoms with Crippen LogP contribution in [-0.2, 0) is 27.1 Å². The lowest BCUT2D eigenvalue weighted by atomic mass is 9.63. The molecule has 0 unspecified atom stereocenters. The number of hydrogen-bond donors (Lipinski definition) is 0. The molecule has 0 saturated heterocycles. The van der Waals surface area contributed by atoms with Crippen molar-refractivity contribution in [3.63, 3.8) is 0 Å². The maximum Gasteiger partial charge on any atom is 0.269 e. The summed E-state index contributed by atoms with van der Waals surface area (Å²) in [5.74, 6) is 1.40. The highest BCUT2D eigenvalue weighted by Crippen LogP contribution is 2.49. The van der Waals surface area contributed by atoms with Gasteiger partial charge in [0, 0.05) is 45.0 Å². The largest absolute Gasteiger partial charge is 0.458 e. The number of hydrogen-bond acceptors (Lipinski definition) is 2. The van der Waals surface area contributed by atoms with Gasteiger partial charge >= 0.3 is 0 Å². The van der Waals surface area contributed by atoms with E-state index in [0.717, 1.165) is 32.9 Å². The van der Waals surface area contributed by atoms with Gasteiger partial charge in [-0.05, 0) is 156 Å². The normalized spacial score (nSPS) is 20.8. The van der Waals surface area contributed by atoms with E-state index in [9.17, 15) is 9.60 Å². The van der Waals surface area contributed by atoms with Crippen molar-refractivity contribution in [2.75, 3.05) is 0 Å². The molecule has 11 aromatic rings. The molecular formula is C74H74N4O. The second-order valence-corrected chi connectivity index (χ2v) is 23.5. The number of rotatable bonds is 8. The first kappa shape index (κ1) is 30.9. The van der Waals surface area contributed by atoms with Gasteiger partial charge in [0.05, 0.1) is 44.4 Å². The predicted molar refractivity (Wildman–Crippen MR) is 330 cm³/mol. The highest BCUT2D eigenvalue weighted by Gasteiger charge is 2.37. The lowest BCUT2D eigenvalue weighted by Crippen LogP contribution is -2.34. The minimum Gasteiger partial charge on any atom is -0.458 e. The summed E-state index contributed by atoms with van der Waals surface area (Å²) < 4.78 is 234. The van der Waals surface area contributed by atoms with Gasteiger partial charge < -0.3 is 4.74 Å². The van der Waals surface area contributed by atoms with Gasteiger partial charge in [-0.1, -0.05) is 211 Å². The van der Waals surface area contributed by atoms with Gasteiger partial charge in [-0.25, -0.2) is 4.98 Å². The van der Waals surface area contributed by atoms with Crippen molar-refractivity contribution >= 4 is 32.8 Å². The summed E-state index contributed by atoms with van der Waals surface area (Å²) in [5.41, 5.74) is -9.37. The van der Waals surface area contributed by atoms with Crippen LogP contribution in [-0.4, -0.2) is 14.1 Å². The Balaban J connectivity index is 1.22. The fourth-order valence-corrected chi connectivity index (χ4v) is 10.4. The van der Waals surface area contributed by atoms with E-state index in [4.69, 9.17) is 33.0 Å². The van der Waals surface area contributed by atoms with Crippen molar-refractivity contribution in [1.82, 2.24) is 14.1 Å². The number of para-hydroxylation sites is 1. The molecule has 0 saturated carbocycles. The van der Waals surface area contributed by atoms with Crippen molar-refractivity contribution < 1.29 is 42.2 Å². The topological polar surface area (TPSA) is 35.9 Å². The van der Waals surface area contributed by atoms with Crippen molar-refractivity contribution in [1.29, 1.82) is 0 Å². The fourth-order valence-electron chi connectivity index (χ4n) is 10.4. The summed E-state index contributed by atoms with van der Waals surface area (Å²) in [5, 5.41) is 1.90. The van der Waals surface area contributed by atoms with Crippen LogP contribution in [0.4, 0.5) is 0 Å². The molecule has 0 radical (unpaired) electrons. The van der Waals surface area contributed by atoms with E-state index in [1.165, 1.54) is 16.7 Å². The molecule has 8 aromatic carbocycles. The summed E-state index contributed by atoms with van der Waals surface area (Å²) in [6.07, 6.45) is -3.91. The Hall–Kier alpha value is -8.02. The molecule has 3 heterocycles. The van der Waals surface area contributed by atoms with Crippen LogP contribution in [0.25, 0.3) is 83.4 Å². The minimum absolute atomic E-state index is 0.0428. The minimum atomic E-state index is -4.60. The third-order valence-electron chi connectivity index (χ3n) is 14.8. The van der Waals surface area contributed by atoms with Gasteiger partial charge in [0.1, 0.15) is 17.3 Å². The molecule has 0 bridgehead atoms. The molecular weight excluding hydrogens is 961 g/mol. The third-order valence-corrected chi connectivity index (χ3v) is 14.8. The van der Waals surface area contributed by atoms with Crippen molar-refractivity contribution in [2.24, 2.45) is 0 Å². The number of nitrogens with zero attached hydrogens (tertiary/aromatic N) is 4. The fraction of sp³-hybridized carbons (Fsp3) is 0.270. The molecule has 79 heavy (non-hydrogen) atoms. The molecule has 0 N–H and O–H groups in total. The number of pyridine rings is 1. The molecule has 0 spiro atoms. The Morgan fingerprint density at radius 1 is 0.557 bits per heavy atom. The highest BCUT2D eigenvalue weighted by molar-refractivity contribution is 6.09. The Bertz CT molecular complexity index is 5270. The number of fused-ring (bicyclic) bond motifs is 5. The maximum absolute atomic E-state index is 10.6. The predicted octanol–water partition coefficient (Wildman–Crippen LogP) is 19.2. The van der Waals surface area contributed by atoms with Crippen LogP contribution in [0.3, 0.4) is 0 Å². The molecule has 5 nitrogen and oxygen atoms in total. The molecule has 396 valence electrons. The summed E-state index contributed by atoms with van der Waals surface area (Å²) in [7, 11) is 0. The molecule has 12 rings (SSSR count). The van der Waals surface area contributed by atoms with E-state index in [2.05, 4.69) is 37.7 Å². The smallest absolute Gasteiger partial charge is 0.269 e. The van der Waals surface area contributed by atoms with Gasteiger partial charge in [0.25, 0.3) is 6.33 Å². The van der Waals surface area contributed by atoms with Crippen LogP contribution in [0, 0.1) is 6.33 Å². The van der Waals surface area contributed by atoms with E-state index in [-0.39, 0.29) is 44.4 Å². The molecule has 1 aliphatic carbocycles. The van der Waals surface area contributed by atoms with E-state index >= 15 is 0 Å². The highest BCUT2D eigenvalue weighted by atomic mass is 16.5. The van der Waals surface area contributed by atoms with Gasteiger partial charge in [-0.3, -0.25) is 13.7 Å². The number of imidazole rings is 1. The molecule has 1 aliphatic rings. The third kappa shape index (κ3) is 9.45. The van der Waals surface area contributed by atoms with Gasteiger partial charge in [-0.15, -0.1) is 0 Å². The van der Waals surface area contributed by atoms with Crippen molar-refractivity contribution in [3.8, 4) is 62.1 Å². The Morgan fingerprint density at radius 3 is 1.99 bits per heavy atom. The van der Waals surface area contributed by atoms with Crippen LogP contribution >= 0.6 is 0 Å². The van der Waals surface area contributed by atoms with Gasteiger partial charge in [-0.2, -0.15) is 0 Å². The van der Waals surface area contributed by atoms with Crippen LogP contribution in [0.15, 0.2) is 188 Å². The molecule has 0 atom stereocenters. The molecule has 0 aliphatic heterocycles. The average Bonchev–Trinajstić information content (AvgIpc) is 1.04. The summed E-state index contributed by atoms with van der Waals surface area (Å²) in [6.45, 7) is 0.575. The zero-order valence-electron chi connectivity index (χ0n) is 69.5. The van der Waals surface area contributed by atoms with Crippen LogP contribution in [0.1, 0.15) is 163 Å². The molecule has 0 amide bonds. The van der Waals surface area contributed by atoms with E-state index in [0.29, 0.717) is 34.1 Å². The van der Waals surface area contributed by atoms with E-state index in [1.807, 2.05) is 108 Å². The van der Waals surface area contributed by atoms with Crippen molar-refractivity contribution in [3.05, 3.63) is 222 Å². The monoisotopic (exact) mass is 1060 g/mol. The SMILES string of the molecule is [2H]c1c([2H])c([2H])c(-c2ccc3c(c2)n(-c2cccc(Oc4ccc5c6ccccc6n(-c6cc(C(C)(C)C)ccn6)c5c4)c2)[c-][n+]3-c2c(-c3cccc(C(C)(C)C)c3)cc(C(C)(C)C)cc2-c2c([2H])c([2H])c3c(c2[2H])C(C([2H])([2H])[2H])(C([2H])([2H])[2H])C([2H])([2H])C([2H])([2H])C3(C([2H])([2H])[2H])C([2H])([2H])[2H])c([2H])c1[2H]. The number of benzene rings is 8. The van der Waals surface area contributed by atoms with Gasteiger partial charge in [0.15, 0.2) is 0 Å². The first-order valence-electron chi connectivity index (χ1n) is 38.2. The summed E-state index contributed by atoms with van der Waals surface area (Å²) >= 11 is 0. The average molecular weight is 1060 g/mol. The second kappa shape index (κ2) is 18.8. The zero-order chi connectivity index (χ0) is 75.9. The zero-order valence-corrected chi connectivity index (χ0v) is 45.5. The second-order valence-electron chi connectivity index (χ2n) is 23.5. The molecule has 5 heteroatoms. The molecule has 0 fully saturated rings. The quantitative estimate of drug-likeness (QED) is 0.112. The standard InChI is InChI=1S/C74H74N4O/c1-70(2,3)52-24-19-23-50(39-52)60-42-54(72(7,8)9)43-61(51-29-33-62-63(40-51)74(12,13)37-36-73(62,10)11)69(60)77-47-76(67-41-49(30-34-65(67)77)48-21-15-14-16-22-48)55-25-20-26-56(45-55)79-57-31-32-59-58-27-17-18-28-64(58)78(66(59)46-57)68-44-53(35-38-75-68)71(4,5)6/h14-35,38-46H,36-37H2,1-13H3/i10D3,11D3,12D3,13D3,14D,15D,16D,21D,22D,29D,33D,36D2,37D2,40D. The Morgan fingerprint density at radius 2 is 1.24 bits per heavy atom. The van der Waals surface area contributed by atoms with E-state index < -0.39 is 127 Å². The lowest BCUT2D eigenvalue weighted by Gasteiger charge is -2.42. The van der Waals surface area contributed by atoms with Crippen LogP contribution in [0.5, 0.6) is 11.5 Å².